The molecule has 4 heteroatoms. The van der Waals surface area contributed by atoms with Crippen molar-refractivity contribution in [2.45, 2.75) is 6.05 Å². The maximum atomic E-state index is 12.9. The number of dihydropyridines is 1. The number of alkyl halides is 2. The van der Waals surface area contributed by atoms with E-state index in [1.165, 1.54) is 6.08 Å². The molecule has 0 radical (unpaired) electrons. The number of aromatic nitrogens is 1. The minimum Gasteiger partial charge on any atom is -0.322 e. The van der Waals surface area contributed by atoms with E-state index < -0.39 is 6.05 Å². The molecule has 2 heterocycles. The average molecular weight is 194 g/mol. The fourth-order valence-corrected chi connectivity index (χ4v) is 1.20. The Morgan fingerprint density at radius 3 is 2.79 bits per heavy atom. The van der Waals surface area contributed by atoms with E-state index in [2.05, 4.69) is 10.3 Å². The monoisotopic (exact) mass is 194 g/mol. The van der Waals surface area contributed by atoms with Crippen molar-refractivity contribution in [3.63, 3.8) is 0 Å². The molecule has 2 nitrogen and oxygen atoms in total. The minimum atomic E-state index is -2.98. The van der Waals surface area contributed by atoms with Crippen LogP contribution < -0.4 is 5.32 Å². The van der Waals surface area contributed by atoms with E-state index in [-0.39, 0.29) is 0 Å². The van der Waals surface area contributed by atoms with Gasteiger partial charge in [0.25, 0.3) is 0 Å². The zero-order chi connectivity index (χ0) is 10.0. The molecule has 72 valence electrons. The third kappa shape index (κ3) is 1.79. The van der Waals surface area contributed by atoms with E-state index in [0.717, 1.165) is 6.08 Å². The Kier molecular flexibility index (Phi) is 2.04. The SMILES string of the molecule is FC1(F)C=CC=C(c2ccccn2)N1. The second kappa shape index (κ2) is 3.21. The van der Waals surface area contributed by atoms with Gasteiger partial charge < -0.3 is 5.32 Å². The van der Waals surface area contributed by atoms with E-state index in [0.29, 0.717) is 11.4 Å². The Hall–Kier alpha value is -1.71. The van der Waals surface area contributed by atoms with E-state index in [9.17, 15) is 8.78 Å². The summed E-state index contributed by atoms with van der Waals surface area (Å²) in [5.74, 6) is 0. The van der Waals surface area contributed by atoms with Crippen LogP contribution in [0.25, 0.3) is 5.70 Å². The van der Waals surface area contributed by atoms with Gasteiger partial charge in [-0.15, -0.1) is 0 Å². The van der Waals surface area contributed by atoms with Gasteiger partial charge in [0.15, 0.2) is 0 Å². The van der Waals surface area contributed by atoms with Gasteiger partial charge in [0, 0.05) is 12.3 Å². The molecule has 0 bridgehead atoms. The van der Waals surface area contributed by atoms with Crippen molar-refractivity contribution in [2.24, 2.45) is 0 Å². The number of pyridine rings is 1. The minimum absolute atomic E-state index is 0.332. The van der Waals surface area contributed by atoms with Crippen molar-refractivity contribution in [3.8, 4) is 0 Å². The van der Waals surface area contributed by atoms with Crippen LogP contribution in [-0.2, 0) is 0 Å². The van der Waals surface area contributed by atoms with Crippen LogP contribution in [-0.4, -0.2) is 11.0 Å². The summed E-state index contributed by atoms with van der Waals surface area (Å²) < 4.78 is 25.7. The average Bonchev–Trinajstić information content (AvgIpc) is 2.18. The Morgan fingerprint density at radius 2 is 2.14 bits per heavy atom. The number of nitrogens with zero attached hydrogens (tertiary/aromatic N) is 1. The summed E-state index contributed by atoms with van der Waals surface area (Å²) in [5.41, 5.74) is 0.842. The molecule has 0 spiro atoms. The van der Waals surface area contributed by atoms with Gasteiger partial charge in [-0.05, 0) is 18.2 Å². The maximum absolute atomic E-state index is 12.9. The summed E-state index contributed by atoms with van der Waals surface area (Å²) in [6.07, 6.45) is 5.26. The Balaban J connectivity index is 2.30. The normalized spacial score (nSPS) is 18.6. The first-order valence-corrected chi connectivity index (χ1v) is 4.14. The molecule has 14 heavy (non-hydrogen) atoms. The second-order valence-electron chi connectivity index (χ2n) is 2.90. The van der Waals surface area contributed by atoms with Crippen LogP contribution in [0.15, 0.2) is 42.6 Å². The summed E-state index contributed by atoms with van der Waals surface area (Å²) in [6.45, 7) is 0. The zero-order valence-electron chi connectivity index (χ0n) is 7.24. The smallest absolute Gasteiger partial charge is 0.322 e. The number of halogens is 2. The first kappa shape index (κ1) is 8.87. The first-order valence-electron chi connectivity index (χ1n) is 4.14. The highest BCUT2D eigenvalue weighted by Gasteiger charge is 2.27. The Labute approximate surface area is 80.0 Å². The number of hydrogen-bond donors (Lipinski definition) is 1. The van der Waals surface area contributed by atoms with Crippen LogP contribution in [0.4, 0.5) is 8.78 Å². The van der Waals surface area contributed by atoms with E-state index in [1.807, 2.05) is 0 Å². The largest absolute Gasteiger partial charge is 0.343 e. The molecule has 1 aliphatic rings. The molecule has 1 aromatic heterocycles. The predicted molar refractivity (Wildman–Crippen MR) is 49.4 cm³/mol. The quantitative estimate of drug-likeness (QED) is 0.693. The van der Waals surface area contributed by atoms with Crippen LogP contribution in [0.1, 0.15) is 5.69 Å². The van der Waals surface area contributed by atoms with Gasteiger partial charge in [0.05, 0.1) is 11.4 Å². The zero-order valence-corrected chi connectivity index (χ0v) is 7.24. The van der Waals surface area contributed by atoms with Crippen molar-refractivity contribution in [2.75, 3.05) is 0 Å². The van der Waals surface area contributed by atoms with Crippen molar-refractivity contribution in [1.82, 2.24) is 10.3 Å². The molecule has 0 atom stereocenters. The van der Waals surface area contributed by atoms with Gasteiger partial charge in [-0.1, -0.05) is 12.1 Å². The van der Waals surface area contributed by atoms with Crippen LogP contribution in [0.3, 0.4) is 0 Å². The van der Waals surface area contributed by atoms with Crippen molar-refractivity contribution >= 4 is 5.70 Å². The molecule has 0 fully saturated rings. The summed E-state index contributed by atoms with van der Waals surface area (Å²) >= 11 is 0. The van der Waals surface area contributed by atoms with Crippen LogP contribution in [0, 0.1) is 0 Å². The highest BCUT2D eigenvalue weighted by atomic mass is 19.3. The lowest BCUT2D eigenvalue weighted by atomic mass is 10.2. The lowest BCUT2D eigenvalue weighted by Gasteiger charge is -2.20. The summed E-state index contributed by atoms with van der Waals surface area (Å²) in [6, 6.07) is 2.18. The molecule has 0 amide bonds. The third-order valence-electron chi connectivity index (χ3n) is 1.81. The highest BCUT2D eigenvalue weighted by Crippen LogP contribution is 2.21. The second-order valence-corrected chi connectivity index (χ2v) is 2.90. The van der Waals surface area contributed by atoms with Gasteiger partial charge >= 0.3 is 6.05 Å². The standard InChI is InChI=1S/C10H8F2N2/c11-10(12)6-3-5-9(14-10)8-4-1-2-7-13-8/h1-7,14H. The van der Waals surface area contributed by atoms with Crippen LogP contribution in [0.5, 0.6) is 0 Å². The van der Waals surface area contributed by atoms with Crippen LogP contribution in [0.2, 0.25) is 0 Å². The summed E-state index contributed by atoms with van der Waals surface area (Å²) in [4.78, 5) is 3.97. The number of nitrogens with one attached hydrogen (secondary N) is 1. The topological polar surface area (TPSA) is 24.9 Å². The number of rotatable bonds is 1. The van der Waals surface area contributed by atoms with Gasteiger partial charge in [0.2, 0.25) is 0 Å². The van der Waals surface area contributed by atoms with Crippen molar-refractivity contribution < 1.29 is 8.78 Å². The van der Waals surface area contributed by atoms with Crippen LogP contribution >= 0.6 is 0 Å². The molecule has 1 N–H and O–H groups in total. The molecule has 0 saturated heterocycles. The lowest BCUT2D eigenvalue weighted by molar-refractivity contribution is 0.0344. The summed E-state index contributed by atoms with van der Waals surface area (Å²) in [5, 5.41) is 2.09. The Morgan fingerprint density at radius 1 is 1.29 bits per heavy atom. The van der Waals surface area contributed by atoms with Gasteiger partial charge in [0.1, 0.15) is 0 Å². The highest BCUT2D eigenvalue weighted by molar-refractivity contribution is 5.64. The summed E-state index contributed by atoms with van der Waals surface area (Å²) in [7, 11) is 0. The molecule has 1 aromatic rings. The molecular formula is C10H8F2N2. The van der Waals surface area contributed by atoms with Gasteiger partial charge in [-0.2, -0.15) is 8.78 Å². The lowest BCUT2D eigenvalue weighted by Crippen LogP contribution is -2.34. The fourth-order valence-electron chi connectivity index (χ4n) is 1.20. The van der Waals surface area contributed by atoms with E-state index in [1.54, 1.807) is 30.5 Å². The van der Waals surface area contributed by atoms with E-state index in [4.69, 9.17) is 0 Å². The molecule has 0 aromatic carbocycles. The maximum Gasteiger partial charge on any atom is 0.343 e. The Bertz CT molecular complexity index is 382. The number of allylic oxidation sites excluding steroid dienone is 2. The fraction of sp³-hybridized carbons (Fsp3) is 0.100. The van der Waals surface area contributed by atoms with Crippen molar-refractivity contribution in [3.05, 3.63) is 48.3 Å². The third-order valence-corrected chi connectivity index (χ3v) is 1.81. The molecule has 0 unspecified atom stereocenters. The molecule has 0 aliphatic carbocycles. The molecule has 1 aliphatic heterocycles. The molecule has 2 rings (SSSR count). The predicted octanol–water partition coefficient (Wildman–Crippen LogP) is 2.17. The molecular weight excluding hydrogens is 186 g/mol. The number of hydrogen-bond acceptors (Lipinski definition) is 2. The van der Waals surface area contributed by atoms with Gasteiger partial charge in [-0.3, -0.25) is 4.98 Å². The van der Waals surface area contributed by atoms with Crippen molar-refractivity contribution in [1.29, 1.82) is 0 Å². The first-order chi connectivity index (χ1) is 6.67. The van der Waals surface area contributed by atoms with E-state index >= 15 is 0 Å². The van der Waals surface area contributed by atoms with Gasteiger partial charge in [-0.25, -0.2) is 0 Å². The molecule has 0 saturated carbocycles.